The second-order valence-corrected chi connectivity index (χ2v) is 5.46. The van der Waals surface area contributed by atoms with Gasteiger partial charge in [-0.1, -0.05) is 30.3 Å². The molecule has 0 aliphatic carbocycles. The van der Waals surface area contributed by atoms with Gasteiger partial charge in [0.15, 0.2) is 5.78 Å². The first-order chi connectivity index (χ1) is 9.16. The molecule has 0 aliphatic heterocycles. The summed E-state index contributed by atoms with van der Waals surface area (Å²) in [5.41, 5.74) is 8.92. The molecule has 0 bridgehead atoms. The molecular weight excluding hydrogens is 254 g/mol. The third-order valence-electron chi connectivity index (χ3n) is 3.27. The Balaban J connectivity index is 2.11. The highest BCUT2D eigenvalue weighted by atomic mass is 32.1. The molecule has 0 amide bonds. The van der Waals surface area contributed by atoms with Crippen LogP contribution in [0.2, 0.25) is 0 Å². The van der Waals surface area contributed by atoms with Gasteiger partial charge in [0.2, 0.25) is 0 Å². The maximum absolute atomic E-state index is 12.5. The summed E-state index contributed by atoms with van der Waals surface area (Å²) in [6, 6.07) is 13.4. The van der Waals surface area contributed by atoms with Crippen molar-refractivity contribution in [3.8, 4) is 0 Å². The maximum atomic E-state index is 12.5. The average Bonchev–Trinajstić information content (AvgIpc) is 2.85. The topological polar surface area (TPSA) is 43.1 Å². The molecule has 0 atom stereocenters. The minimum Gasteiger partial charge on any atom is -0.398 e. The van der Waals surface area contributed by atoms with E-state index in [4.69, 9.17) is 5.73 Å². The van der Waals surface area contributed by atoms with E-state index in [-0.39, 0.29) is 5.78 Å². The molecule has 0 radical (unpaired) electrons. The van der Waals surface area contributed by atoms with Gasteiger partial charge in [0.25, 0.3) is 0 Å². The van der Waals surface area contributed by atoms with E-state index in [1.807, 2.05) is 48.7 Å². The van der Waals surface area contributed by atoms with Crippen molar-refractivity contribution in [2.45, 2.75) is 6.92 Å². The van der Waals surface area contributed by atoms with Crippen LogP contribution in [-0.4, -0.2) is 5.78 Å². The summed E-state index contributed by atoms with van der Waals surface area (Å²) in [4.78, 5) is 12.5. The largest absolute Gasteiger partial charge is 0.398 e. The molecule has 1 heterocycles. The summed E-state index contributed by atoms with van der Waals surface area (Å²) >= 11 is 1.59. The Hall–Kier alpha value is -2.13. The van der Waals surface area contributed by atoms with Crippen LogP contribution in [0, 0.1) is 6.92 Å². The molecule has 0 saturated carbocycles. The van der Waals surface area contributed by atoms with E-state index < -0.39 is 0 Å². The normalized spacial score (nSPS) is 10.8. The van der Waals surface area contributed by atoms with Crippen LogP contribution in [0.5, 0.6) is 0 Å². The Morgan fingerprint density at radius 2 is 1.95 bits per heavy atom. The lowest BCUT2D eigenvalue weighted by atomic mass is 10.0. The van der Waals surface area contributed by atoms with Crippen molar-refractivity contribution in [2.24, 2.45) is 0 Å². The van der Waals surface area contributed by atoms with Crippen molar-refractivity contribution in [1.29, 1.82) is 0 Å². The molecule has 0 spiro atoms. The highest BCUT2D eigenvalue weighted by molar-refractivity contribution is 7.17. The fraction of sp³-hybridized carbons (Fsp3) is 0.0625. The van der Waals surface area contributed by atoms with Gasteiger partial charge in [0.05, 0.1) is 0 Å². The molecule has 2 nitrogen and oxygen atoms in total. The Morgan fingerprint density at radius 1 is 1.16 bits per heavy atom. The van der Waals surface area contributed by atoms with E-state index in [9.17, 15) is 4.79 Å². The van der Waals surface area contributed by atoms with Gasteiger partial charge >= 0.3 is 0 Å². The number of rotatable bonds is 2. The maximum Gasteiger partial charge on any atom is 0.194 e. The van der Waals surface area contributed by atoms with Crippen molar-refractivity contribution in [2.75, 3.05) is 5.73 Å². The number of carbonyl (C=O) groups excluding carboxylic acids is 1. The molecule has 3 heteroatoms. The van der Waals surface area contributed by atoms with Gasteiger partial charge in [-0.2, -0.15) is 0 Å². The number of thiophene rings is 1. The summed E-state index contributed by atoms with van der Waals surface area (Å²) in [7, 11) is 0. The molecule has 94 valence electrons. The minimum absolute atomic E-state index is 0.0316. The zero-order chi connectivity index (χ0) is 13.4. The summed E-state index contributed by atoms with van der Waals surface area (Å²) in [5.74, 6) is 0.0316. The lowest BCUT2D eigenvalue weighted by Gasteiger charge is -2.04. The van der Waals surface area contributed by atoms with Gasteiger partial charge in [0, 0.05) is 32.3 Å². The van der Waals surface area contributed by atoms with Crippen molar-refractivity contribution in [1.82, 2.24) is 0 Å². The average molecular weight is 267 g/mol. The fourth-order valence-electron chi connectivity index (χ4n) is 2.09. The minimum atomic E-state index is 0.0316. The number of ketones is 1. The molecule has 1 aromatic heterocycles. The van der Waals surface area contributed by atoms with E-state index >= 15 is 0 Å². The van der Waals surface area contributed by atoms with Gasteiger partial charge < -0.3 is 5.73 Å². The predicted molar refractivity (Wildman–Crippen MR) is 80.8 cm³/mol. The third kappa shape index (κ3) is 2.02. The van der Waals surface area contributed by atoms with E-state index in [2.05, 4.69) is 0 Å². The first-order valence-electron chi connectivity index (χ1n) is 6.04. The number of nitrogens with two attached hydrogens (primary N) is 1. The number of anilines is 1. The fourth-order valence-corrected chi connectivity index (χ4v) is 3.03. The van der Waals surface area contributed by atoms with Gasteiger partial charge in [0.1, 0.15) is 0 Å². The standard InChI is InChI=1S/C16H13NOS/c1-10-6-7-11(8-14(10)17)16(18)13-9-19-15-5-3-2-4-12(13)15/h2-9H,17H2,1H3. The zero-order valence-corrected chi connectivity index (χ0v) is 11.3. The predicted octanol–water partition coefficient (Wildman–Crippen LogP) is 4.02. The van der Waals surface area contributed by atoms with Crippen molar-refractivity contribution in [3.05, 3.63) is 64.5 Å². The molecule has 0 saturated heterocycles. The number of hydrogen-bond donors (Lipinski definition) is 1. The molecule has 0 aliphatic rings. The highest BCUT2D eigenvalue weighted by Crippen LogP contribution is 2.28. The summed E-state index contributed by atoms with van der Waals surface area (Å²) < 4.78 is 1.13. The van der Waals surface area contributed by atoms with Crippen LogP contribution in [0.25, 0.3) is 10.1 Å². The molecule has 3 aromatic rings. The van der Waals surface area contributed by atoms with Gasteiger partial charge in [-0.15, -0.1) is 11.3 Å². The van der Waals surface area contributed by atoms with Crippen LogP contribution in [0.15, 0.2) is 47.8 Å². The molecule has 19 heavy (non-hydrogen) atoms. The monoisotopic (exact) mass is 267 g/mol. The van der Waals surface area contributed by atoms with E-state index in [1.165, 1.54) is 0 Å². The van der Waals surface area contributed by atoms with Crippen molar-refractivity contribution in [3.63, 3.8) is 0 Å². The molecule has 2 N–H and O–H groups in total. The van der Waals surface area contributed by atoms with Crippen LogP contribution >= 0.6 is 11.3 Å². The smallest absolute Gasteiger partial charge is 0.194 e. The second-order valence-electron chi connectivity index (χ2n) is 4.55. The van der Waals surface area contributed by atoms with E-state index in [0.29, 0.717) is 11.3 Å². The van der Waals surface area contributed by atoms with Gasteiger partial charge in [-0.3, -0.25) is 4.79 Å². The van der Waals surface area contributed by atoms with E-state index in [1.54, 1.807) is 17.4 Å². The van der Waals surface area contributed by atoms with Crippen LogP contribution in [-0.2, 0) is 0 Å². The number of carbonyl (C=O) groups is 1. The van der Waals surface area contributed by atoms with Crippen molar-refractivity contribution < 1.29 is 4.79 Å². The Morgan fingerprint density at radius 3 is 2.74 bits per heavy atom. The van der Waals surface area contributed by atoms with Gasteiger partial charge in [-0.05, 0) is 24.6 Å². The Labute approximate surface area is 115 Å². The van der Waals surface area contributed by atoms with Crippen LogP contribution in [0.1, 0.15) is 21.5 Å². The number of aryl methyl sites for hydroxylation is 1. The van der Waals surface area contributed by atoms with Crippen LogP contribution < -0.4 is 5.73 Å². The lowest BCUT2D eigenvalue weighted by Crippen LogP contribution is -2.02. The number of nitrogen functional groups attached to an aromatic ring is 1. The first-order valence-corrected chi connectivity index (χ1v) is 6.92. The SMILES string of the molecule is Cc1ccc(C(=O)c2csc3ccccc23)cc1N. The molecule has 0 fully saturated rings. The summed E-state index contributed by atoms with van der Waals surface area (Å²) in [6.45, 7) is 1.93. The number of fused-ring (bicyclic) bond motifs is 1. The number of benzene rings is 2. The molecular formula is C16H13NOS. The van der Waals surface area contributed by atoms with Crippen molar-refractivity contribution >= 4 is 32.9 Å². The van der Waals surface area contributed by atoms with E-state index in [0.717, 1.165) is 21.2 Å². The lowest BCUT2D eigenvalue weighted by molar-refractivity contribution is 0.104. The highest BCUT2D eigenvalue weighted by Gasteiger charge is 2.14. The van der Waals surface area contributed by atoms with Crippen LogP contribution in [0.3, 0.4) is 0 Å². The third-order valence-corrected chi connectivity index (χ3v) is 4.23. The first kappa shape index (κ1) is 11.9. The van der Waals surface area contributed by atoms with Gasteiger partial charge in [-0.25, -0.2) is 0 Å². The molecule has 0 unspecified atom stereocenters. The summed E-state index contributed by atoms with van der Waals surface area (Å²) in [5, 5.41) is 2.93. The number of hydrogen-bond acceptors (Lipinski definition) is 3. The quantitative estimate of drug-likeness (QED) is 0.563. The Kier molecular flexibility index (Phi) is 2.84. The molecule has 3 rings (SSSR count). The molecule has 2 aromatic carbocycles. The second kappa shape index (κ2) is 4.52. The zero-order valence-electron chi connectivity index (χ0n) is 10.5. The summed E-state index contributed by atoms with van der Waals surface area (Å²) in [6.07, 6.45) is 0. The Bertz CT molecular complexity index is 773. The van der Waals surface area contributed by atoms with Crippen LogP contribution in [0.4, 0.5) is 5.69 Å².